The highest BCUT2D eigenvalue weighted by atomic mass is 16.5. The molecule has 2 aromatic rings. The largest absolute Gasteiger partial charge is 0.363 e. The fraction of sp³-hybridized carbons (Fsp3) is 0.429. The first kappa shape index (κ1) is 12.1. The maximum absolute atomic E-state index is 5.74. The molecule has 1 unspecified atom stereocenters. The summed E-state index contributed by atoms with van der Waals surface area (Å²) in [6.45, 7) is 2.77. The summed E-state index contributed by atoms with van der Waals surface area (Å²) >= 11 is 0. The zero-order valence-electron chi connectivity index (χ0n) is 10.7. The lowest BCUT2D eigenvalue weighted by Crippen LogP contribution is -2.32. The zero-order valence-corrected chi connectivity index (χ0v) is 10.7. The molecule has 0 aliphatic carbocycles. The van der Waals surface area contributed by atoms with Gasteiger partial charge in [0, 0.05) is 30.1 Å². The number of nitrogens with one attached hydrogen (secondary N) is 1. The van der Waals surface area contributed by atoms with Gasteiger partial charge >= 0.3 is 0 Å². The SMILES string of the molecule is CCOC(Cc1c[nH]c2ccccc12)N(C)C. The molecule has 0 aliphatic heterocycles. The van der Waals surface area contributed by atoms with Gasteiger partial charge in [0.05, 0.1) is 0 Å². The van der Waals surface area contributed by atoms with Crippen molar-refractivity contribution in [2.75, 3.05) is 20.7 Å². The predicted octanol–water partition coefficient (Wildman–Crippen LogP) is 2.63. The molecule has 1 aromatic heterocycles. The van der Waals surface area contributed by atoms with Crippen LogP contribution in [-0.2, 0) is 11.2 Å². The molecule has 0 saturated heterocycles. The average molecular weight is 232 g/mol. The molecule has 0 fully saturated rings. The summed E-state index contributed by atoms with van der Waals surface area (Å²) in [5, 5.41) is 1.29. The second kappa shape index (κ2) is 5.34. The monoisotopic (exact) mass is 232 g/mol. The quantitative estimate of drug-likeness (QED) is 0.803. The van der Waals surface area contributed by atoms with Crippen LogP contribution in [0.2, 0.25) is 0 Å². The summed E-state index contributed by atoms with van der Waals surface area (Å²) in [6.07, 6.45) is 3.13. The molecule has 0 aliphatic rings. The average Bonchev–Trinajstić information content (AvgIpc) is 2.72. The van der Waals surface area contributed by atoms with Gasteiger partial charge in [0.25, 0.3) is 0 Å². The zero-order chi connectivity index (χ0) is 12.3. The van der Waals surface area contributed by atoms with Crippen molar-refractivity contribution in [3.63, 3.8) is 0 Å². The van der Waals surface area contributed by atoms with Crippen LogP contribution in [0.1, 0.15) is 12.5 Å². The van der Waals surface area contributed by atoms with Gasteiger partial charge < -0.3 is 9.72 Å². The van der Waals surface area contributed by atoms with Crippen molar-refractivity contribution in [2.45, 2.75) is 19.6 Å². The third kappa shape index (κ3) is 2.68. The van der Waals surface area contributed by atoms with E-state index in [0.717, 1.165) is 13.0 Å². The maximum Gasteiger partial charge on any atom is 0.114 e. The Kier molecular flexibility index (Phi) is 3.82. The molecule has 2 rings (SSSR count). The van der Waals surface area contributed by atoms with Gasteiger partial charge in [-0.2, -0.15) is 0 Å². The predicted molar refractivity (Wildman–Crippen MR) is 71.1 cm³/mol. The Morgan fingerprint density at radius 1 is 1.29 bits per heavy atom. The second-order valence-corrected chi connectivity index (χ2v) is 4.44. The normalized spacial score (nSPS) is 13.4. The summed E-state index contributed by atoms with van der Waals surface area (Å²) in [5.41, 5.74) is 2.50. The van der Waals surface area contributed by atoms with Crippen LogP contribution in [0.15, 0.2) is 30.5 Å². The van der Waals surface area contributed by atoms with Crippen LogP contribution in [0.5, 0.6) is 0 Å². The molecule has 1 atom stereocenters. The topological polar surface area (TPSA) is 28.3 Å². The number of nitrogens with zero attached hydrogens (tertiary/aromatic N) is 1. The molecule has 1 heterocycles. The van der Waals surface area contributed by atoms with Gasteiger partial charge in [-0.15, -0.1) is 0 Å². The molecule has 0 amide bonds. The number of ether oxygens (including phenoxy) is 1. The number of benzene rings is 1. The number of likely N-dealkylation sites (N-methyl/N-ethyl adjacent to an activating group) is 1. The van der Waals surface area contributed by atoms with E-state index >= 15 is 0 Å². The number of rotatable bonds is 5. The summed E-state index contributed by atoms with van der Waals surface area (Å²) in [7, 11) is 4.10. The highest BCUT2D eigenvalue weighted by Gasteiger charge is 2.14. The smallest absolute Gasteiger partial charge is 0.114 e. The van der Waals surface area contributed by atoms with Crippen molar-refractivity contribution in [1.82, 2.24) is 9.88 Å². The summed E-state index contributed by atoms with van der Waals surface area (Å²) in [6, 6.07) is 8.38. The number of aromatic nitrogens is 1. The molecular formula is C14H20N2O. The van der Waals surface area contributed by atoms with Crippen LogP contribution < -0.4 is 0 Å². The number of hydrogen-bond donors (Lipinski definition) is 1. The summed E-state index contributed by atoms with van der Waals surface area (Å²) in [4.78, 5) is 5.42. The minimum atomic E-state index is 0.138. The van der Waals surface area contributed by atoms with E-state index in [1.165, 1.54) is 16.5 Å². The first-order valence-electron chi connectivity index (χ1n) is 6.05. The second-order valence-electron chi connectivity index (χ2n) is 4.44. The number of hydrogen-bond acceptors (Lipinski definition) is 2. The van der Waals surface area contributed by atoms with Gasteiger partial charge in [-0.3, -0.25) is 4.90 Å². The Bertz CT molecular complexity index is 476. The Morgan fingerprint density at radius 2 is 2.06 bits per heavy atom. The molecule has 92 valence electrons. The van der Waals surface area contributed by atoms with Gasteiger partial charge in [-0.25, -0.2) is 0 Å². The molecule has 1 aromatic carbocycles. The summed E-state index contributed by atoms with van der Waals surface area (Å²) < 4.78 is 5.74. The van der Waals surface area contributed by atoms with Crippen LogP contribution in [0.4, 0.5) is 0 Å². The van der Waals surface area contributed by atoms with Crippen molar-refractivity contribution in [3.05, 3.63) is 36.0 Å². The summed E-state index contributed by atoms with van der Waals surface area (Å²) in [5.74, 6) is 0. The minimum Gasteiger partial charge on any atom is -0.363 e. The molecule has 1 N–H and O–H groups in total. The first-order valence-corrected chi connectivity index (χ1v) is 6.05. The fourth-order valence-electron chi connectivity index (χ4n) is 2.07. The van der Waals surface area contributed by atoms with E-state index in [9.17, 15) is 0 Å². The standard InChI is InChI=1S/C14H20N2O/c1-4-17-14(16(2)3)9-11-10-15-13-8-6-5-7-12(11)13/h5-8,10,14-15H,4,9H2,1-3H3. The van der Waals surface area contributed by atoms with E-state index in [0.29, 0.717) is 0 Å². The third-order valence-electron chi connectivity index (χ3n) is 3.00. The van der Waals surface area contributed by atoms with Crippen molar-refractivity contribution in [2.24, 2.45) is 0 Å². The van der Waals surface area contributed by atoms with E-state index < -0.39 is 0 Å². The van der Waals surface area contributed by atoms with Gasteiger partial charge in [0.1, 0.15) is 6.23 Å². The fourth-order valence-corrected chi connectivity index (χ4v) is 2.07. The van der Waals surface area contributed by atoms with Gasteiger partial charge in [0.2, 0.25) is 0 Å². The van der Waals surface area contributed by atoms with Crippen molar-refractivity contribution in [1.29, 1.82) is 0 Å². The van der Waals surface area contributed by atoms with Crippen LogP contribution in [0.25, 0.3) is 10.9 Å². The van der Waals surface area contributed by atoms with E-state index in [4.69, 9.17) is 4.74 Å². The van der Waals surface area contributed by atoms with Crippen LogP contribution in [0.3, 0.4) is 0 Å². The van der Waals surface area contributed by atoms with Gasteiger partial charge in [-0.1, -0.05) is 18.2 Å². The Labute approximate surface area is 102 Å². The highest BCUT2D eigenvalue weighted by molar-refractivity contribution is 5.83. The number of aromatic amines is 1. The number of fused-ring (bicyclic) bond motifs is 1. The Balaban J connectivity index is 2.22. The minimum absolute atomic E-state index is 0.138. The van der Waals surface area contributed by atoms with Crippen LogP contribution in [0, 0.1) is 0 Å². The molecule has 3 heteroatoms. The molecule has 0 radical (unpaired) electrons. The van der Waals surface area contributed by atoms with Crippen molar-refractivity contribution < 1.29 is 4.74 Å². The third-order valence-corrected chi connectivity index (χ3v) is 3.00. The molecular weight excluding hydrogens is 212 g/mol. The molecule has 0 saturated carbocycles. The lowest BCUT2D eigenvalue weighted by atomic mass is 10.1. The van der Waals surface area contributed by atoms with E-state index in [2.05, 4.69) is 54.4 Å². The molecule has 3 nitrogen and oxygen atoms in total. The maximum atomic E-state index is 5.74. The first-order chi connectivity index (χ1) is 8.22. The molecule has 0 bridgehead atoms. The Hall–Kier alpha value is -1.32. The van der Waals surface area contributed by atoms with E-state index in [1.54, 1.807) is 0 Å². The number of para-hydroxylation sites is 1. The van der Waals surface area contributed by atoms with Gasteiger partial charge in [0.15, 0.2) is 0 Å². The Morgan fingerprint density at radius 3 is 2.76 bits per heavy atom. The van der Waals surface area contributed by atoms with Crippen molar-refractivity contribution in [3.8, 4) is 0 Å². The van der Waals surface area contributed by atoms with Crippen LogP contribution in [-0.4, -0.2) is 36.8 Å². The molecule has 0 spiro atoms. The van der Waals surface area contributed by atoms with Crippen LogP contribution >= 0.6 is 0 Å². The van der Waals surface area contributed by atoms with Crippen molar-refractivity contribution >= 4 is 10.9 Å². The highest BCUT2D eigenvalue weighted by Crippen LogP contribution is 2.20. The van der Waals surface area contributed by atoms with E-state index in [1.807, 2.05) is 6.92 Å². The number of H-pyrrole nitrogens is 1. The lowest BCUT2D eigenvalue weighted by molar-refractivity contribution is -0.0287. The molecule has 17 heavy (non-hydrogen) atoms. The van der Waals surface area contributed by atoms with E-state index in [-0.39, 0.29) is 6.23 Å². The lowest BCUT2D eigenvalue weighted by Gasteiger charge is -2.23. The van der Waals surface area contributed by atoms with Gasteiger partial charge in [-0.05, 0) is 32.6 Å².